The zero-order chi connectivity index (χ0) is 11.4. The summed E-state index contributed by atoms with van der Waals surface area (Å²) in [7, 11) is 0. The smallest absolute Gasteiger partial charge is 0.0991 e. The van der Waals surface area contributed by atoms with Crippen molar-refractivity contribution in [1.82, 2.24) is 10.2 Å². The molecule has 3 nitrogen and oxygen atoms in total. The molecule has 1 fully saturated rings. The SMILES string of the molecule is CC1CNCCN1Cc1cccc(C#N)c1. The Balaban J connectivity index is 2.05. The Labute approximate surface area is 96.7 Å². The van der Waals surface area contributed by atoms with E-state index in [4.69, 9.17) is 5.26 Å². The molecule has 1 aromatic rings. The molecule has 16 heavy (non-hydrogen) atoms. The minimum absolute atomic E-state index is 0.569. The molecule has 0 aromatic heterocycles. The molecule has 0 amide bonds. The van der Waals surface area contributed by atoms with Crippen molar-refractivity contribution in [3.63, 3.8) is 0 Å². The Bertz CT molecular complexity index is 394. The molecule has 0 bridgehead atoms. The quantitative estimate of drug-likeness (QED) is 0.809. The lowest BCUT2D eigenvalue weighted by Crippen LogP contribution is -2.49. The maximum Gasteiger partial charge on any atom is 0.0991 e. The average molecular weight is 215 g/mol. The molecule has 1 atom stereocenters. The van der Waals surface area contributed by atoms with Gasteiger partial charge in [0.2, 0.25) is 0 Å². The highest BCUT2D eigenvalue weighted by Crippen LogP contribution is 2.11. The van der Waals surface area contributed by atoms with E-state index < -0.39 is 0 Å². The van der Waals surface area contributed by atoms with Crippen molar-refractivity contribution < 1.29 is 0 Å². The maximum absolute atomic E-state index is 8.85. The van der Waals surface area contributed by atoms with Crippen LogP contribution in [0.3, 0.4) is 0 Å². The lowest BCUT2D eigenvalue weighted by molar-refractivity contribution is 0.165. The first-order valence-electron chi connectivity index (χ1n) is 5.73. The molecule has 1 unspecified atom stereocenters. The minimum atomic E-state index is 0.569. The summed E-state index contributed by atoms with van der Waals surface area (Å²) < 4.78 is 0. The molecule has 2 rings (SSSR count). The van der Waals surface area contributed by atoms with Crippen LogP contribution in [-0.4, -0.2) is 30.6 Å². The lowest BCUT2D eigenvalue weighted by Gasteiger charge is -2.33. The van der Waals surface area contributed by atoms with Crippen LogP contribution in [0.4, 0.5) is 0 Å². The number of hydrogen-bond acceptors (Lipinski definition) is 3. The monoisotopic (exact) mass is 215 g/mol. The Morgan fingerprint density at radius 2 is 2.44 bits per heavy atom. The van der Waals surface area contributed by atoms with Crippen molar-refractivity contribution >= 4 is 0 Å². The number of nitrogens with one attached hydrogen (secondary N) is 1. The fourth-order valence-corrected chi connectivity index (χ4v) is 2.09. The summed E-state index contributed by atoms with van der Waals surface area (Å²) in [5.74, 6) is 0. The Morgan fingerprint density at radius 3 is 3.19 bits per heavy atom. The summed E-state index contributed by atoms with van der Waals surface area (Å²) in [5, 5.41) is 12.2. The first-order valence-corrected chi connectivity index (χ1v) is 5.73. The molecule has 1 aromatic carbocycles. The Hall–Kier alpha value is -1.37. The van der Waals surface area contributed by atoms with Crippen LogP contribution in [0.5, 0.6) is 0 Å². The van der Waals surface area contributed by atoms with Gasteiger partial charge in [-0.1, -0.05) is 12.1 Å². The third kappa shape index (κ3) is 2.60. The molecule has 84 valence electrons. The van der Waals surface area contributed by atoms with E-state index in [0.717, 1.165) is 31.7 Å². The van der Waals surface area contributed by atoms with Crippen LogP contribution >= 0.6 is 0 Å². The van der Waals surface area contributed by atoms with E-state index in [1.165, 1.54) is 5.56 Å². The molecule has 1 aliphatic heterocycles. The third-order valence-electron chi connectivity index (χ3n) is 3.08. The van der Waals surface area contributed by atoms with Gasteiger partial charge in [-0.15, -0.1) is 0 Å². The second-order valence-electron chi connectivity index (χ2n) is 4.34. The predicted octanol–water partition coefficient (Wildman–Crippen LogP) is 1.35. The van der Waals surface area contributed by atoms with Crippen LogP contribution in [0, 0.1) is 11.3 Å². The van der Waals surface area contributed by atoms with Crippen LogP contribution in [-0.2, 0) is 6.54 Å². The zero-order valence-corrected chi connectivity index (χ0v) is 9.61. The van der Waals surface area contributed by atoms with E-state index in [1.54, 1.807) is 0 Å². The van der Waals surface area contributed by atoms with Gasteiger partial charge in [0.25, 0.3) is 0 Å². The molecule has 1 aliphatic rings. The molecular weight excluding hydrogens is 198 g/mol. The second kappa shape index (κ2) is 5.11. The van der Waals surface area contributed by atoms with Gasteiger partial charge in [0.1, 0.15) is 0 Å². The second-order valence-corrected chi connectivity index (χ2v) is 4.34. The summed E-state index contributed by atoms with van der Waals surface area (Å²) in [6.07, 6.45) is 0. The maximum atomic E-state index is 8.85. The number of piperazine rings is 1. The molecule has 0 aliphatic carbocycles. The molecule has 0 spiro atoms. The van der Waals surface area contributed by atoms with Gasteiger partial charge in [0, 0.05) is 32.2 Å². The molecule has 3 heteroatoms. The van der Waals surface area contributed by atoms with Gasteiger partial charge >= 0.3 is 0 Å². The van der Waals surface area contributed by atoms with Gasteiger partial charge in [-0.25, -0.2) is 0 Å². The molecular formula is C13H17N3. The van der Waals surface area contributed by atoms with Crippen LogP contribution in [0.1, 0.15) is 18.1 Å². The highest BCUT2D eigenvalue weighted by Gasteiger charge is 2.17. The standard InChI is InChI=1S/C13H17N3/c1-11-9-15-5-6-16(11)10-13-4-2-3-12(7-13)8-14/h2-4,7,11,15H,5-6,9-10H2,1H3. The van der Waals surface area contributed by atoms with Crippen LogP contribution in [0.15, 0.2) is 24.3 Å². The summed E-state index contributed by atoms with van der Waals surface area (Å²) >= 11 is 0. The summed E-state index contributed by atoms with van der Waals surface area (Å²) in [6, 6.07) is 10.6. The Kier molecular flexibility index (Phi) is 3.55. The summed E-state index contributed by atoms with van der Waals surface area (Å²) in [4.78, 5) is 2.45. The van der Waals surface area contributed by atoms with Crippen molar-refractivity contribution in [3.05, 3.63) is 35.4 Å². The van der Waals surface area contributed by atoms with Crippen molar-refractivity contribution in [2.75, 3.05) is 19.6 Å². The average Bonchev–Trinajstić information content (AvgIpc) is 2.32. The number of hydrogen-bond donors (Lipinski definition) is 1. The zero-order valence-electron chi connectivity index (χ0n) is 9.61. The van der Waals surface area contributed by atoms with Crippen molar-refractivity contribution in [2.45, 2.75) is 19.5 Å². The molecule has 0 radical (unpaired) electrons. The van der Waals surface area contributed by atoms with E-state index in [2.05, 4.69) is 29.3 Å². The topological polar surface area (TPSA) is 39.1 Å². The molecule has 1 heterocycles. The van der Waals surface area contributed by atoms with Crippen LogP contribution in [0.2, 0.25) is 0 Å². The first kappa shape index (κ1) is 11.1. The van der Waals surface area contributed by atoms with Crippen molar-refractivity contribution in [3.8, 4) is 6.07 Å². The van der Waals surface area contributed by atoms with E-state index in [9.17, 15) is 0 Å². The lowest BCUT2D eigenvalue weighted by atomic mass is 10.1. The fourth-order valence-electron chi connectivity index (χ4n) is 2.09. The molecule has 1 N–H and O–H groups in total. The molecule has 1 saturated heterocycles. The van der Waals surface area contributed by atoms with Crippen molar-refractivity contribution in [2.24, 2.45) is 0 Å². The normalized spacial score (nSPS) is 21.6. The van der Waals surface area contributed by atoms with E-state index in [0.29, 0.717) is 6.04 Å². The van der Waals surface area contributed by atoms with Crippen molar-refractivity contribution in [1.29, 1.82) is 5.26 Å². The predicted molar refractivity (Wildman–Crippen MR) is 63.9 cm³/mol. The van der Waals surface area contributed by atoms with Gasteiger partial charge in [-0.05, 0) is 24.6 Å². The highest BCUT2D eigenvalue weighted by molar-refractivity contribution is 5.32. The first-order chi connectivity index (χ1) is 7.79. The van der Waals surface area contributed by atoms with Crippen LogP contribution < -0.4 is 5.32 Å². The van der Waals surface area contributed by atoms with Gasteiger partial charge < -0.3 is 5.32 Å². The van der Waals surface area contributed by atoms with E-state index >= 15 is 0 Å². The van der Waals surface area contributed by atoms with Gasteiger partial charge in [0.15, 0.2) is 0 Å². The highest BCUT2D eigenvalue weighted by atomic mass is 15.2. The molecule has 0 saturated carbocycles. The minimum Gasteiger partial charge on any atom is -0.314 e. The van der Waals surface area contributed by atoms with E-state index in [-0.39, 0.29) is 0 Å². The number of nitriles is 1. The van der Waals surface area contributed by atoms with Gasteiger partial charge in [0.05, 0.1) is 11.6 Å². The van der Waals surface area contributed by atoms with E-state index in [1.807, 2.05) is 18.2 Å². The Morgan fingerprint density at radius 1 is 1.56 bits per heavy atom. The fraction of sp³-hybridized carbons (Fsp3) is 0.462. The summed E-state index contributed by atoms with van der Waals surface area (Å²) in [6.45, 7) is 6.37. The summed E-state index contributed by atoms with van der Waals surface area (Å²) in [5.41, 5.74) is 1.98. The van der Waals surface area contributed by atoms with Gasteiger partial charge in [-0.2, -0.15) is 5.26 Å². The largest absolute Gasteiger partial charge is 0.314 e. The number of rotatable bonds is 2. The number of benzene rings is 1. The van der Waals surface area contributed by atoms with Gasteiger partial charge in [-0.3, -0.25) is 4.90 Å². The number of nitrogens with zero attached hydrogens (tertiary/aromatic N) is 2. The van der Waals surface area contributed by atoms with Crippen LogP contribution in [0.25, 0.3) is 0 Å². The third-order valence-corrected chi connectivity index (χ3v) is 3.08.